The number of fused-ring (bicyclic) bond motifs is 1. The van der Waals surface area contributed by atoms with E-state index in [4.69, 9.17) is 10.8 Å². The SMILES string of the molecule is NNC(=NC1CCCCC1)N1CCCN2CCCC2C1. The van der Waals surface area contributed by atoms with Gasteiger partial charge in [-0.1, -0.05) is 19.3 Å². The van der Waals surface area contributed by atoms with Gasteiger partial charge >= 0.3 is 0 Å². The fourth-order valence-corrected chi connectivity index (χ4v) is 3.99. The molecule has 1 atom stereocenters. The second kappa shape index (κ2) is 6.76. The number of rotatable bonds is 1. The zero-order valence-electron chi connectivity index (χ0n) is 12.6. The van der Waals surface area contributed by atoms with Gasteiger partial charge in [-0.2, -0.15) is 0 Å². The van der Waals surface area contributed by atoms with Crippen LogP contribution >= 0.6 is 0 Å². The van der Waals surface area contributed by atoms with Gasteiger partial charge in [-0.05, 0) is 38.6 Å². The molecule has 0 aromatic rings. The highest BCUT2D eigenvalue weighted by Crippen LogP contribution is 2.23. The summed E-state index contributed by atoms with van der Waals surface area (Å²) in [5.41, 5.74) is 2.88. The lowest BCUT2D eigenvalue weighted by atomic mass is 9.96. The van der Waals surface area contributed by atoms with Crippen molar-refractivity contribution in [2.75, 3.05) is 26.2 Å². The molecule has 114 valence electrons. The number of aliphatic imine (C=N–C) groups is 1. The normalized spacial score (nSPS) is 30.1. The molecule has 3 aliphatic rings. The van der Waals surface area contributed by atoms with Crippen molar-refractivity contribution in [2.45, 2.75) is 63.5 Å². The van der Waals surface area contributed by atoms with Crippen LogP contribution in [0.25, 0.3) is 0 Å². The first kappa shape index (κ1) is 14.1. The Hall–Kier alpha value is -0.810. The van der Waals surface area contributed by atoms with Gasteiger partial charge in [0.05, 0.1) is 6.04 Å². The van der Waals surface area contributed by atoms with Crippen LogP contribution in [-0.2, 0) is 0 Å². The minimum absolute atomic E-state index is 0.484. The number of nitrogens with one attached hydrogen (secondary N) is 1. The molecule has 0 aromatic heterocycles. The molecule has 1 unspecified atom stereocenters. The molecule has 0 spiro atoms. The molecule has 3 N–H and O–H groups in total. The smallest absolute Gasteiger partial charge is 0.208 e. The molecular formula is C15H29N5. The quantitative estimate of drug-likeness (QED) is 0.329. The minimum atomic E-state index is 0.484. The fraction of sp³-hybridized carbons (Fsp3) is 0.933. The van der Waals surface area contributed by atoms with Gasteiger partial charge in [-0.3, -0.25) is 10.3 Å². The summed E-state index contributed by atoms with van der Waals surface area (Å²) in [6.45, 7) is 4.70. The van der Waals surface area contributed by atoms with E-state index in [0.29, 0.717) is 12.1 Å². The summed E-state index contributed by atoms with van der Waals surface area (Å²) in [4.78, 5) is 9.96. The number of hydrogen-bond acceptors (Lipinski definition) is 3. The summed E-state index contributed by atoms with van der Waals surface area (Å²) in [5.74, 6) is 6.71. The molecule has 5 heteroatoms. The first-order valence-electron chi connectivity index (χ1n) is 8.40. The molecule has 0 bridgehead atoms. The maximum absolute atomic E-state index is 5.77. The van der Waals surface area contributed by atoms with Crippen molar-refractivity contribution in [3.63, 3.8) is 0 Å². The molecular weight excluding hydrogens is 250 g/mol. The third kappa shape index (κ3) is 3.26. The predicted molar refractivity (Wildman–Crippen MR) is 82.4 cm³/mol. The second-order valence-electron chi connectivity index (χ2n) is 6.52. The van der Waals surface area contributed by atoms with Crippen LogP contribution in [0.4, 0.5) is 0 Å². The number of hydrazine groups is 1. The molecule has 0 aromatic carbocycles. The van der Waals surface area contributed by atoms with Gasteiger partial charge in [0.25, 0.3) is 0 Å². The summed E-state index contributed by atoms with van der Waals surface area (Å²) < 4.78 is 0. The van der Waals surface area contributed by atoms with E-state index in [1.807, 2.05) is 0 Å². The molecule has 2 aliphatic heterocycles. The van der Waals surface area contributed by atoms with Crippen LogP contribution in [0.5, 0.6) is 0 Å². The van der Waals surface area contributed by atoms with Crippen molar-refractivity contribution in [3.8, 4) is 0 Å². The van der Waals surface area contributed by atoms with E-state index < -0.39 is 0 Å². The van der Waals surface area contributed by atoms with Crippen LogP contribution < -0.4 is 11.3 Å². The Bertz CT molecular complexity index is 337. The molecule has 2 saturated heterocycles. The number of hydrogen-bond donors (Lipinski definition) is 2. The van der Waals surface area contributed by atoms with E-state index in [9.17, 15) is 0 Å². The molecule has 1 aliphatic carbocycles. The lowest BCUT2D eigenvalue weighted by Gasteiger charge is -2.29. The first-order chi connectivity index (χ1) is 9.86. The van der Waals surface area contributed by atoms with Crippen LogP contribution in [0.1, 0.15) is 51.4 Å². The zero-order valence-corrected chi connectivity index (χ0v) is 12.6. The van der Waals surface area contributed by atoms with Crippen LogP contribution in [0.15, 0.2) is 4.99 Å². The van der Waals surface area contributed by atoms with E-state index in [1.165, 1.54) is 64.5 Å². The average molecular weight is 279 g/mol. The number of nitrogens with two attached hydrogens (primary N) is 1. The lowest BCUT2D eigenvalue weighted by molar-refractivity contribution is 0.254. The molecule has 1 saturated carbocycles. The van der Waals surface area contributed by atoms with Crippen molar-refractivity contribution in [1.82, 2.24) is 15.2 Å². The van der Waals surface area contributed by atoms with Gasteiger partial charge in [0, 0.05) is 25.7 Å². The summed E-state index contributed by atoms with van der Waals surface area (Å²) in [6, 6.07) is 1.19. The van der Waals surface area contributed by atoms with E-state index in [-0.39, 0.29) is 0 Å². The maximum Gasteiger partial charge on any atom is 0.208 e. The Morgan fingerprint density at radius 3 is 2.55 bits per heavy atom. The van der Waals surface area contributed by atoms with E-state index in [0.717, 1.165) is 19.0 Å². The fourth-order valence-electron chi connectivity index (χ4n) is 3.99. The molecule has 20 heavy (non-hydrogen) atoms. The predicted octanol–water partition coefficient (Wildman–Crippen LogP) is 1.31. The monoisotopic (exact) mass is 279 g/mol. The van der Waals surface area contributed by atoms with Gasteiger partial charge in [-0.25, -0.2) is 10.8 Å². The van der Waals surface area contributed by atoms with Crippen LogP contribution in [0.2, 0.25) is 0 Å². The maximum atomic E-state index is 5.77. The van der Waals surface area contributed by atoms with Crippen molar-refractivity contribution >= 4 is 5.96 Å². The highest BCUT2D eigenvalue weighted by molar-refractivity contribution is 5.79. The minimum Gasteiger partial charge on any atom is -0.340 e. The Morgan fingerprint density at radius 1 is 0.950 bits per heavy atom. The largest absolute Gasteiger partial charge is 0.340 e. The first-order valence-corrected chi connectivity index (χ1v) is 8.40. The van der Waals surface area contributed by atoms with Crippen LogP contribution in [-0.4, -0.2) is 54.0 Å². The van der Waals surface area contributed by atoms with Crippen LogP contribution in [0.3, 0.4) is 0 Å². The Balaban J connectivity index is 1.66. The third-order valence-electron chi connectivity index (χ3n) is 5.11. The second-order valence-corrected chi connectivity index (χ2v) is 6.52. The van der Waals surface area contributed by atoms with Crippen molar-refractivity contribution < 1.29 is 0 Å². The zero-order chi connectivity index (χ0) is 13.8. The Morgan fingerprint density at radius 2 is 1.75 bits per heavy atom. The van der Waals surface area contributed by atoms with Crippen molar-refractivity contribution in [2.24, 2.45) is 10.8 Å². The van der Waals surface area contributed by atoms with Gasteiger partial charge in [-0.15, -0.1) is 0 Å². The van der Waals surface area contributed by atoms with Crippen molar-refractivity contribution in [1.29, 1.82) is 0 Å². The van der Waals surface area contributed by atoms with Gasteiger partial charge in [0.15, 0.2) is 0 Å². The molecule has 3 fully saturated rings. The molecule has 0 amide bonds. The van der Waals surface area contributed by atoms with Crippen molar-refractivity contribution in [3.05, 3.63) is 0 Å². The third-order valence-corrected chi connectivity index (χ3v) is 5.11. The standard InChI is InChI=1S/C15H29N5/c16-18-15(17-13-6-2-1-3-7-13)20-11-5-10-19-9-4-8-14(19)12-20/h13-14H,1-12,16H2,(H,17,18). The summed E-state index contributed by atoms with van der Waals surface area (Å²) in [6.07, 6.45) is 10.4. The van der Waals surface area contributed by atoms with Crippen LogP contribution in [0, 0.1) is 0 Å². The lowest BCUT2D eigenvalue weighted by Crippen LogP contribution is -2.48. The summed E-state index contributed by atoms with van der Waals surface area (Å²) in [5, 5.41) is 0. The van der Waals surface area contributed by atoms with E-state index in [2.05, 4.69) is 15.2 Å². The topological polar surface area (TPSA) is 56.9 Å². The summed E-state index contributed by atoms with van der Waals surface area (Å²) in [7, 11) is 0. The van der Waals surface area contributed by atoms with Gasteiger partial charge < -0.3 is 4.90 Å². The highest BCUT2D eigenvalue weighted by Gasteiger charge is 2.30. The number of nitrogens with zero attached hydrogens (tertiary/aromatic N) is 3. The highest BCUT2D eigenvalue weighted by atomic mass is 15.4. The molecule has 5 nitrogen and oxygen atoms in total. The van der Waals surface area contributed by atoms with E-state index >= 15 is 0 Å². The Labute approximate surface area is 122 Å². The average Bonchev–Trinajstić information content (AvgIpc) is 2.83. The Kier molecular flexibility index (Phi) is 4.78. The summed E-state index contributed by atoms with van der Waals surface area (Å²) >= 11 is 0. The van der Waals surface area contributed by atoms with E-state index in [1.54, 1.807) is 0 Å². The van der Waals surface area contributed by atoms with Gasteiger partial charge in [0.1, 0.15) is 0 Å². The molecule has 3 rings (SSSR count). The molecule has 2 heterocycles. The van der Waals surface area contributed by atoms with Gasteiger partial charge in [0.2, 0.25) is 5.96 Å². The number of guanidine groups is 1. The molecule has 0 radical (unpaired) electrons.